The molecule has 0 saturated carbocycles. The smallest absolute Gasteiger partial charge is 0.266 e. The number of halogens is 1. The first-order valence-electron chi connectivity index (χ1n) is 7.30. The number of aryl methyl sites for hydroxylation is 1. The van der Waals surface area contributed by atoms with Crippen molar-refractivity contribution in [1.82, 2.24) is 14.5 Å². The maximum atomic E-state index is 12.5. The zero-order valence-corrected chi connectivity index (χ0v) is 15.7. The largest absolute Gasteiger partial charge is 0.492 e. The summed E-state index contributed by atoms with van der Waals surface area (Å²) < 4.78 is 34.7. The number of hydrogen-bond donors (Lipinski definition) is 1. The Morgan fingerprint density at radius 1 is 1.29 bits per heavy atom. The lowest BCUT2D eigenvalue weighted by Gasteiger charge is -2.12. The zero-order valence-electron chi connectivity index (χ0n) is 13.3. The maximum Gasteiger partial charge on any atom is 0.266 e. The van der Waals surface area contributed by atoms with Gasteiger partial charge in [0.25, 0.3) is 5.56 Å². The van der Waals surface area contributed by atoms with E-state index in [1.165, 1.54) is 16.8 Å². The Kier molecular flexibility index (Phi) is 6.14. The van der Waals surface area contributed by atoms with E-state index in [0.29, 0.717) is 16.8 Å². The Morgan fingerprint density at radius 3 is 2.75 bits per heavy atom. The van der Waals surface area contributed by atoms with E-state index in [0.717, 1.165) is 0 Å². The summed E-state index contributed by atoms with van der Waals surface area (Å²) in [6.45, 7) is 4.07. The van der Waals surface area contributed by atoms with Crippen LogP contribution in [0.1, 0.15) is 12.6 Å². The van der Waals surface area contributed by atoms with Gasteiger partial charge in [-0.1, -0.05) is 15.9 Å². The predicted octanol–water partition coefficient (Wildman–Crippen LogP) is 1.69. The number of hydrogen-bond acceptors (Lipinski definition) is 5. The molecule has 0 aliphatic heterocycles. The molecular formula is C15H18BrN3O4S. The number of aromatic nitrogens is 2. The lowest BCUT2D eigenvalue weighted by atomic mass is 10.3. The molecule has 1 heterocycles. The summed E-state index contributed by atoms with van der Waals surface area (Å²) in [5, 5.41) is 4.06. The molecule has 0 aliphatic carbocycles. The summed E-state index contributed by atoms with van der Waals surface area (Å²) in [6.07, 6.45) is 0. The molecule has 7 nitrogen and oxygen atoms in total. The minimum absolute atomic E-state index is 0.0385. The highest BCUT2D eigenvalue weighted by molar-refractivity contribution is 9.10. The molecule has 0 fully saturated rings. The number of benzene rings is 1. The zero-order chi connectivity index (χ0) is 17.7. The van der Waals surface area contributed by atoms with Gasteiger partial charge in [0.1, 0.15) is 10.6 Å². The molecular weight excluding hydrogens is 398 g/mol. The van der Waals surface area contributed by atoms with E-state index < -0.39 is 10.0 Å². The fourth-order valence-electron chi connectivity index (χ4n) is 2.04. The van der Waals surface area contributed by atoms with Gasteiger partial charge in [-0.25, -0.2) is 17.8 Å². The highest BCUT2D eigenvalue weighted by atomic mass is 79.9. The third kappa shape index (κ3) is 4.65. The number of nitrogens with zero attached hydrogens (tertiary/aromatic N) is 2. The van der Waals surface area contributed by atoms with Crippen LogP contribution in [0.2, 0.25) is 0 Å². The van der Waals surface area contributed by atoms with Gasteiger partial charge in [-0.05, 0) is 38.1 Å². The molecule has 9 heteroatoms. The summed E-state index contributed by atoms with van der Waals surface area (Å²) in [6, 6.07) is 7.79. The molecule has 0 radical (unpaired) electrons. The Morgan fingerprint density at radius 2 is 2.04 bits per heavy atom. The number of sulfonamides is 1. The van der Waals surface area contributed by atoms with Crippen molar-refractivity contribution in [2.75, 3.05) is 13.2 Å². The van der Waals surface area contributed by atoms with E-state index in [1.807, 2.05) is 0 Å². The lowest BCUT2D eigenvalue weighted by molar-refractivity contribution is 0.331. The molecule has 0 unspecified atom stereocenters. The van der Waals surface area contributed by atoms with Crippen LogP contribution in [-0.4, -0.2) is 31.3 Å². The first-order chi connectivity index (χ1) is 11.3. The van der Waals surface area contributed by atoms with Crippen LogP contribution in [0.15, 0.2) is 44.5 Å². The SMILES string of the molecule is CCOc1ccc(Br)cc1S(=O)(=O)NCCn1nc(C)ccc1=O. The molecule has 0 spiro atoms. The molecule has 0 atom stereocenters. The van der Waals surface area contributed by atoms with Crippen LogP contribution in [0.5, 0.6) is 5.75 Å². The van der Waals surface area contributed by atoms with E-state index in [1.54, 1.807) is 32.0 Å². The third-order valence-corrected chi connectivity index (χ3v) is 5.09. The average Bonchev–Trinajstić information content (AvgIpc) is 2.52. The first kappa shape index (κ1) is 18.6. The normalized spacial score (nSPS) is 11.5. The second kappa shape index (κ2) is 7.91. The van der Waals surface area contributed by atoms with Crippen LogP contribution in [0, 0.1) is 6.92 Å². The lowest BCUT2D eigenvalue weighted by Crippen LogP contribution is -2.32. The fourth-order valence-corrected chi connectivity index (χ4v) is 3.74. The van der Waals surface area contributed by atoms with Crippen LogP contribution in [-0.2, 0) is 16.6 Å². The summed E-state index contributed by atoms with van der Waals surface area (Å²) in [7, 11) is -3.78. The molecule has 0 aliphatic rings. The van der Waals surface area contributed by atoms with E-state index >= 15 is 0 Å². The van der Waals surface area contributed by atoms with Crippen molar-refractivity contribution < 1.29 is 13.2 Å². The fraction of sp³-hybridized carbons (Fsp3) is 0.333. The molecule has 2 rings (SSSR count). The summed E-state index contributed by atoms with van der Waals surface area (Å²) in [5.41, 5.74) is 0.403. The van der Waals surface area contributed by atoms with Gasteiger partial charge < -0.3 is 4.74 Å². The van der Waals surface area contributed by atoms with Gasteiger partial charge in [0.15, 0.2) is 0 Å². The van der Waals surface area contributed by atoms with Gasteiger partial charge in [-0.3, -0.25) is 4.79 Å². The highest BCUT2D eigenvalue weighted by Crippen LogP contribution is 2.27. The van der Waals surface area contributed by atoms with Gasteiger partial charge in [-0.15, -0.1) is 0 Å². The number of ether oxygens (including phenoxy) is 1. The van der Waals surface area contributed by atoms with Crippen LogP contribution in [0.3, 0.4) is 0 Å². The Bertz CT molecular complexity index is 881. The van der Waals surface area contributed by atoms with Crippen molar-refractivity contribution in [2.24, 2.45) is 0 Å². The van der Waals surface area contributed by atoms with E-state index in [-0.39, 0.29) is 29.3 Å². The van der Waals surface area contributed by atoms with Crippen molar-refractivity contribution >= 4 is 26.0 Å². The highest BCUT2D eigenvalue weighted by Gasteiger charge is 2.20. The van der Waals surface area contributed by atoms with Gasteiger partial charge in [0, 0.05) is 17.1 Å². The second-order valence-corrected chi connectivity index (χ2v) is 7.61. The Labute approximate surface area is 148 Å². The Balaban J connectivity index is 2.16. The maximum absolute atomic E-state index is 12.5. The average molecular weight is 416 g/mol. The van der Waals surface area contributed by atoms with Crippen molar-refractivity contribution in [1.29, 1.82) is 0 Å². The topological polar surface area (TPSA) is 90.3 Å². The third-order valence-electron chi connectivity index (χ3n) is 3.11. The minimum atomic E-state index is -3.78. The molecule has 2 aromatic rings. The monoisotopic (exact) mass is 415 g/mol. The predicted molar refractivity (Wildman–Crippen MR) is 93.7 cm³/mol. The van der Waals surface area contributed by atoms with Crippen LogP contribution in [0.25, 0.3) is 0 Å². The molecule has 1 aromatic carbocycles. The van der Waals surface area contributed by atoms with Crippen molar-refractivity contribution in [3.8, 4) is 5.75 Å². The molecule has 0 bridgehead atoms. The van der Waals surface area contributed by atoms with Crippen molar-refractivity contribution in [2.45, 2.75) is 25.3 Å². The Hall–Kier alpha value is -1.71. The number of rotatable bonds is 7. The molecule has 130 valence electrons. The molecule has 0 saturated heterocycles. The van der Waals surface area contributed by atoms with Crippen molar-refractivity contribution in [3.05, 3.63) is 50.9 Å². The van der Waals surface area contributed by atoms with Gasteiger partial charge in [0.05, 0.1) is 18.8 Å². The van der Waals surface area contributed by atoms with Crippen LogP contribution in [0.4, 0.5) is 0 Å². The van der Waals surface area contributed by atoms with E-state index in [2.05, 4.69) is 25.8 Å². The van der Waals surface area contributed by atoms with Crippen LogP contribution < -0.4 is 15.0 Å². The van der Waals surface area contributed by atoms with E-state index in [9.17, 15) is 13.2 Å². The molecule has 1 aromatic heterocycles. The first-order valence-corrected chi connectivity index (χ1v) is 9.58. The summed E-state index contributed by atoms with van der Waals surface area (Å²) >= 11 is 3.26. The standard InChI is InChI=1S/C15H18BrN3O4S/c1-3-23-13-6-5-12(16)10-14(13)24(21,22)17-8-9-19-15(20)7-4-11(2)18-19/h4-7,10,17H,3,8-9H2,1-2H3. The van der Waals surface area contributed by atoms with Gasteiger partial charge >= 0.3 is 0 Å². The number of nitrogens with one attached hydrogen (secondary N) is 1. The second-order valence-electron chi connectivity index (χ2n) is 4.96. The molecule has 24 heavy (non-hydrogen) atoms. The van der Waals surface area contributed by atoms with E-state index in [4.69, 9.17) is 4.74 Å². The van der Waals surface area contributed by atoms with Crippen LogP contribution >= 0.6 is 15.9 Å². The molecule has 0 amide bonds. The van der Waals surface area contributed by atoms with Gasteiger partial charge in [-0.2, -0.15) is 5.10 Å². The molecule has 1 N–H and O–H groups in total. The van der Waals surface area contributed by atoms with Gasteiger partial charge in [0.2, 0.25) is 10.0 Å². The summed E-state index contributed by atoms with van der Waals surface area (Å²) in [5.74, 6) is 0.277. The van der Waals surface area contributed by atoms with Crippen molar-refractivity contribution in [3.63, 3.8) is 0 Å². The minimum Gasteiger partial charge on any atom is -0.492 e. The quantitative estimate of drug-likeness (QED) is 0.742. The summed E-state index contributed by atoms with van der Waals surface area (Å²) in [4.78, 5) is 11.7.